The number of fused-ring (bicyclic) bond motifs is 1. The molecule has 3 fully saturated rings. The molecule has 3 rings (SSSR count). The third kappa shape index (κ3) is 2.97. The van der Waals surface area contributed by atoms with E-state index >= 15 is 0 Å². The van der Waals surface area contributed by atoms with Gasteiger partial charge in [0.25, 0.3) is 0 Å². The molecule has 1 saturated heterocycles. The Kier molecular flexibility index (Phi) is 4.27. The van der Waals surface area contributed by atoms with Crippen molar-refractivity contribution in [1.29, 1.82) is 0 Å². The van der Waals surface area contributed by atoms with Crippen molar-refractivity contribution in [2.24, 2.45) is 11.8 Å². The van der Waals surface area contributed by atoms with E-state index in [9.17, 15) is 14.4 Å². The Hall–Kier alpha value is -1.39. The zero-order valence-electron chi connectivity index (χ0n) is 12.5. The highest BCUT2D eigenvalue weighted by Gasteiger charge is 2.48. The topological polar surface area (TPSA) is 66.5 Å². The van der Waals surface area contributed by atoms with Gasteiger partial charge >= 0.3 is 0 Å². The van der Waals surface area contributed by atoms with Gasteiger partial charge in [-0.25, -0.2) is 0 Å². The number of carbonyl (C=O) groups is 3. The van der Waals surface area contributed by atoms with Crippen LogP contribution in [0.1, 0.15) is 57.8 Å². The number of rotatable bonds is 3. The summed E-state index contributed by atoms with van der Waals surface area (Å²) in [7, 11) is 0. The standard InChI is InChI=1S/C16H24N2O3/c19-14(17-11-6-2-1-3-7-11)10-18-15(20)12-8-4-5-9-13(12)16(18)21/h11-13H,1-10H2,(H,17,19)/t12-,13-/m1/s1. The SMILES string of the molecule is O=C(CN1C(=O)[C@@H]2CCCC[C@H]2C1=O)NC1CCCCC1. The van der Waals surface area contributed by atoms with E-state index in [1.165, 1.54) is 11.3 Å². The number of nitrogens with one attached hydrogen (secondary N) is 1. The summed E-state index contributed by atoms with van der Waals surface area (Å²) in [5.74, 6) is -0.739. The maximum Gasteiger partial charge on any atom is 0.240 e. The molecule has 0 aromatic heterocycles. The van der Waals surface area contributed by atoms with Crippen LogP contribution in [0.5, 0.6) is 0 Å². The predicted octanol–water partition coefficient (Wildman–Crippen LogP) is 1.61. The first kappa shape index (κ1) is 14.5. The van der Waals surface area contributed by atoms with Crippen molar-refractivity contribution in [3.8, 4) is 0 Å². The van der Waals surface area contributed by atoms with E-state index in [0.717, 1.165) is 51.4 Å². The van der Waals surface area contributed by atoms with Gasteiger partial charge in [-0.3, -0.25) is 19.3 Å². The summed E-state index contributed by atoms with van der Waals surface area (Å²) in [6.07, 6.45) is 9.19. The molecule has 3 amide bonds. The lowest BCUT2D eigenvalue weighted by Crippen LogP contribution is -2.45. The molecule has 1 heterocycles. The van der Waals surface area contributed by atoms with Crippen LogP contribution >= 0.6 is 0 Å². The molecule has 1 aliphatic heterocycles. The van der Waals surface area contributed by atoms with E-state index in [1.54, 1.807) is 0 Å². The lowest BCUT2D eigenvalue weighted by molar-refractivity contribution is -0.143. The van der Waals surface area contributed by atoms with Gasteiger partial charge in [-0.1, -0.05) is 32.1 Å². The Balaban J connectivity index is 1.57. The van der Waals surface area contributed by atoms with Crippen LogP contribution in [-0.4, -0.2) is 35.2 Å². The average Bonchev–Trinajstić information content (AvgIpc) is 2.74. The number of imide groups is 1. The minimum absolute atomic E-state index is 0.0822. The molecule has 5 heteroatoms. The molecule has 5 nitrogen and oxygen atoms in total. The largest absolute Gasteiger partial charge is 0.352 e. The van der Waals surface area contributed by atoms with Crippen molar-refractivity contribution in [2.75, 3.05) is 6.54 Å². The summed E-state index contributed by atoms with van der Waals surface area (Å²) in [4.78, 5) is 37.9. The number of hydrogen-bond acceptors (Lipinski definition) is 3. The second kappa shape index (κ2) is 6.16. The van der Waals surface area contributed by atoms with Crippen LogP contribution in [-0.2, 0) is 14.4 Å². The highest BCUT2D eigenvalue weighted by Crippen LogP contribution is 2.37. The lowest BCUT2D eigenvalue weighted by Gasteiger charge is -2.24. The highest BCUT2D eigenvalue weighted by atomic mass is 16.2. The molecule has 0 aromatic carbocycles. The van der Waals surface area contributed by atoms with Gasteiger partial charge in [-0.15, -0.1) is 0 Å². The number of nitrogens with zero attached hydrogens (tertiary/aromatic N) is 1. The summed E-state index contributed by atoms with van der Waals surface area (Å²) < 4.78 is 0. The van der Waals surface area contributed by atoms with E-state index in [0.29, 0.717) is 0 Å². The third-order valence-corrected chi connectivity index (χ3v) is 5.20. The van der Waals surface area contributed by atoms with Crippen molar-refractivity contribution in [2.45, 2.75) is 63.8 Å². The summed E-state index contributed by atoms with van der Waals surface area (Å²) >= 11 is 0. The van der Waals surface area contributed by atoms with Crippen LogP contribution in [0, 0.1) is 11.8 Å². The van der Waals surface area contributed by atoms with Gasteiger partial charge in [0.2, 0.25) is 17.7 Å². The Morgan fingerprint density at radius 3 is 2.00 bits per heavy atom. The second-order valence-electron chi connectivity index (χ2n) is 6.66. The van der Waals surface area contributed by atoms with Gasteiger partial charge in [0.05, 0.1) is 11.8 Å². The average molecular weight is 292 g/mol. The smallest absolute Gasteiger partial charge is 0.240 e. The predicted molar refractivity (Wildman–Crippen MR) is 77.2 cm³/mol. The molecule has 1 N–H and O–H groups in total. The first-order valence-electron chi connectivity index (χ1n) is 8.31. The fourth-order valence-electron chi connectivity index (χ4n) is 4.05. The number of carbonyl (C=O) groups excluding carboxylic acids is 3. The zero-order chi connectivity index (χ0) is 14.8. The molecule has 3 aliphatic rings. The Bertz CT molecular complexity index is 419. The summed E-state index contributed by atoms with van der Waals surface area (Å²) in [5, 5.41) is 2.98. The van der Waals surface area contributed by atoms with E-state index in [4.69, 9.17) is 0 Å². The molecular formula is C16H24N2O3. The fourth-order valence-corrected chi connectivity index (χ4v) is 4.05. The minimum atomic E-state index is -0.178. The maximum absolute atomic E-state index is 12.3. The number of likely N-dealkylation sites (tertiary alicyclic amines) is 1. The van der Waals surface area contributed by atoms with Crippen molar-refractivity contribution in [3.05, 3.63) is 0 Å². The molecule has 2 saturated carbocycles. The maximum atomic E-state index is 12.3. The zero-order valence-corrected chi connectivity index (χ0v) is 12.5. The van der Waals surface area contributed by atoms with Crippen molar-refractivity contribution in [3.63, 3.8) is 0 Å². The molecule has 0 radical (unpaired) electrons. The van der Waals surface area contributed by atoms with E-state index < -0.39 is 0 Å². The van der Waals surface area contributed by atoms with Crippen LogP contribution in [0.2, 0.25) is 0 Å². The van der Waals surface area contributed by atoms with Crippen LogP contribution in [0.3, 0.4) is 0 Å². The molecule has 0 unspecified atom stereocenters. The van der Waals surface area contributed by atoms with E-state index in [-0.39, 0.29) is 42.1 Å². The third-order valence-electron chi connectivity index (χ3n) is 5.20. The van der Waals surface area contributed by atoms with Crippen LogP contribution in [0.15, 0.2) is 0 Å². The molecule has 2 atom stereocenters. The molecule has 0 spiro atoms. The Labute approximate surface area is 125 Å². The fraction of sp³-hybridized carbons (Fsp3) is 0.812. The van der Waals surface area contributed by atoms with Crippen LogP contribution in [0.25, 0.3) is 0 Å². The molecule has 2 aliphatic carbocycles. The van der Waals surface area contributed by atoms with Gasteiger partial charge < -0.3 is 5.32 Å². The Morgan fingerprint density at radius 1 is 0.905 bits per heavy atom. The monoisotopic (exact) mass is 292 g/mol. The quantitative estimate of drug-likeness (QED) is 0.804. The Morgan fingerprint density at radius 2 is 1.43 bits per heavy atom. The lowest BCUT2D eigenvalue weighted by atomic mass is 9.81. The van der Waals surface area contributed by atoms with Gasteiger partial charge in [0, 0.05) is 6.04 Å². The van der Waals surface area contributed by atoms with Crippen LogP contribution in [0.4, 0.5) is 0 Å². The van der Waals surface area contributed by atoms with Crippen molar-refractivity contribution >= 4 is 17.7 Å². The summed E-state index contributed by atoms with van der Waals surface area (Å²) in [6.45, 7) is -0.0822. The molecule has 0 aromatic rings. The van der Waals surface area contributed by atoms with E-state index in [2.05, 4.69) is 5.32 Å². The van der Waals surface area contributed by atoms with Gasteiger partial charge in [-0.2, -0.15) is 0 Å². The summed E-state index contributed by atoms with van der Waals surface area (Å²) in [6, 6.07) is 0.223. The van der Waals surface area contributed by atoms with Gasteiger partial charge in [0.15, 0.2) is 0 Å². The van der Waals surface area contributed by atoms with E-state index in [1.807, 2.05) is 0 Å². The normalized spacial score (nSPS) is 30.4. The minimum Gasteiger partial charge on any atom is -0.352 e. The molecule has 0 bridgehead atoms. The number of hydrogen-bond donors (Lipinski definition) is 1. The highest BCUT2D eigenvalue weighted by molar-refractivity contribution is 6.07. The summed E-state index contributed by atoms with van der Waals surface area (Å²) in [5.41, 5.74) is 0. The second-order valence-corrected chi connectivity index (χ2v) is 6.66. The van der Waals surface area contributed by atoms with Crippen LogP contribution < -0.4 is 5.32 Å². The molecule has 116 valence electrons. The van der Waals surface area contributed by atoms with Gasteiger partial charge in [0.1, 0.15) is 6.54 Å². The first-order chi connectivity index (χ1) is 10.2. The molecule has 21 heavy (non-hydrogen) atoms. The molecular weight excluding hydrogens is 268 g/mol. The van der Waals surface area contributed by atoms with Crippen molar-refractivity contribution in [1.82, 2.24) is 10.2 Å². The first-order valence-corrected chi connectivity index (χ1v) is 8.31. The number of amides is 3. The van der Waals surface area contributed by atoms with Crippen molar-refractivity contribution < 1.29 is 14.4 Å². The van der Waals surface area contributed by atoms with Gasteiger partial charge in [-0.05, 0) is 25.7 Å².